The number of hydrogen-bond donors (Lipinski definition) is 0. The molecule has 3 aliphatic heterocycles. The molecule has 3 aromatic rings. The lowest BCUT2D eigenvalue weighted by Gasteiger charge is -2.42. The van der Waals surface area contributed by atoms with Crippen LogP contribution in [0.25, 0.3) is 0 Å². The summed E-state index contributed by atoms with van der Waals surface area (Å²) in [6.07, 6.45) is -12.2. The molecule has 0 radical (unpaired) electrons. The van der Waals surface area contributed by atoms with Crippen LogP contribution in [0, 0.1) is 0 Å². The Hall–Kier alpha value is -5.19. The molecule has 3 fully saturated rings. The number of carbonyl (C=O) groups is 5. The average molecular weight is 735 g/mol. The quantitative estimate of drug-likeness (QED) is 0.195. The van der Waals surface area contributed by atoms with E-state index in [0.717, 1.165) is 0 Å². The fraction of sp³-hybridized carbons (Fsp3) is 0.395. The third-order valence-electron chi connectivity index (χ3n) is 8.47. The summed E-state index contributed by atoms with van der Waals surface area (Å²) in [6, 6.07) is 24.4. The highest BCUT2D eigenvalue weighted by molar-refractivity contribution is 5.91. The van der Waals surface area contributed by atoms with Crippen molar-refractivity contribution in [2.24, 2.45) is 0 Å². The molecule has 6 rings (SSSR count). The molecule has 3 aromatic carbocycles. The first-order valence-corrected chi connectivity index (χ1v) is 16.9. The molecule has 0 bridgehead atoms. The van der Waals surface area contributed by atoms with Crippen molar-refractivity contribution < 1.29 is 71.3 Å². The summed E-state index contributed by atoms with van der Waals surface area (Å²) < 4.78 is 59.0. The number of esters is 5. The Kier molecular flexibility index (Phi) is 12.1. The summed E-state index contributed by atoms with van der Waals surface area (Å²) in [4.78, 5) is 64.3. The second kappa shape index (κ2) is 17.1. The second-order valence-corrected chi connectivity index (χ2v) is 12.3. The van der Waals surface area contributed by atoms with E-state index in [2.05, 4.69) is 0 Å². The highest BCUT2D eigenvalue weighted by atomic mass is 16.8. The summed E-state index contributed by atoms with van der Waals surface area (Å²) >= 11 is 0. The summed E-state index contributed by atoms with van der Waals surface area (Å²) in [7, 11) is 0. The van der Waals surface area contributed by atoms with Crippen LogP contribution in [-0.4, -0.2) is 105 Å². The van der Waals surface area contributed by atoms with Gasteiger partial charge in [-0.1, -0.05) is 54.6 Å². The van der Waals surface area contributed by atoms with Crippen LogP contribution in [-0.2, 0) is 57.0 Å². The third-order valence-corrected chi connectivity index (χ3v) is 8.47. The maximum Gasteiger partial charge on any atom is 0.338 e. The predicted molar refractivity (Wildman–Crippen MR) is 178 cm³/mol. The van der Waals surface area contributed by atoms with Gasteiger partial charge in [-0.15, -0.1) is 0 Å². The summed E-state index contributed by atoms with van der Waals surface area (Å²) in [5, 5.41) is 0. The van der Waals surface area contributed by atoms with E-state index in [1.165, 1.54) is 38.1 Å². The molecule has 0 aromatic heterocycles. The maximum atomic E-state index is 13.6. The molecule has 3 saturated heterocycles. The Balaban J connectivity index is 1.35. The average Bonchev–Trinajstić information content (AvgIpc) is 3.69. The Bertz CT molecular complexity index is 1740. The Morgan fingerprint density at radius 1 is 0.528 bits per heavy atom. The molecule has 3 aliphatic rings. The number of ether oxygens (including phenoxy) is 10. The van der Waals surface area contributed by atoms with Gasteiger partial charge in [-0.3, -0.25) is 9.59 Å². The van der Waals surface area contributed by atoms with Gasteiger partial charge in [0.25, 0.3) is 0 Å². The molecule has 280 valence electrons. The minimum atomic E-state index is -1.55. The predicted octanol–water partition coefficient (Wildman–Crippen LogP) is 3.39. The number of benzene rings is 3. The van der Waals surface area contributed by atoms with Crippen LogP contribution in [0.2, 0.25) is 0 Å². The molecule has 0 spiro atoms. The Morgan fingerprint density at radius 3 is 1.57 bits per heavy atom. The molecule has 15 nitrogen and oxygen atoms in total. The standard InChI is InChI=1S/C38H38O15/c1-21(39)44-19-27-29(46-22(2)40)31(33-37(49-27)48-23(3)47-33)53-38-32(52-36(43)26-17-11-6-12-18-26)30(51-35(42)25-15-9-5-10-16-25)28(50-38)20-45-34(41)24-13-7-4-8-14-24/h4-18,23,27-33,37-38H,19-20H2,1-3H3/t23?,27-,28+,29+,30+,31+,32-,33-,37+,38+/m1/s1. The van der Waals surface area contributed by atoms with E-state index in [1.54, 1.807) is 73.7 Å². The van der Waals surface area contributed by atoms with E-state index >= 15 is 0 Å². The molecule has 0 amide bonds. The maximum absolute atomic E-state index is 13.6. The largest absolute Gasteiger partial charge is 0.463 e. The van der Waals surface area contributed by atoms with Crippen LogP contribution in [0.5, 0.6) is 0 Å². The molecule has 1 unspecified atom stereocenters. The first kappa shape index (κ1) is 37.6. The lowest BCUT2D eigenvalue weighted by Crippen LogP contribution is -2.61. The first-order valence-electron chi connectivity index (χ1n) is 16.9. The highest BCUT2D eigenvalue weighted by Crippen LogP contribution is 2.38. The fourth-order valence-corrected chi connectivity index (χ4v) is 6.10. The Morgan fingerprint density at radius 2 is 1.02 bits per heavy atom. The van der Waals surface area contributed by atoms with Gasteiger partial charge in [0.2, 0.25) is 0 Å². The van der Waals surface area contributed by atoms with E-state index < -0.39 is 98.1 Å². The zero-order chi connectivity index (χ0) is 37.5. The van der Waals surface area contributed by atoms with Gasteiger partial charge < -0.3 is 47.4 Å². The van der Waals surface area contributed by atoms with Crippen LogP contribution in [0.3, 0.4) is 0 Å². The van der Waals surface area contributed by atoms with Crippen molar-refractivity contribution in [3.05, 3.63) is 108 Å². The molecule has 0 aliphatic carbocycles. The SMILES string of the molecule is CC(=O)OC[C@H]1O[C@@H]2OC(C)O[C@@H]2[C@@H](O[C@@H]2O[C@@H](COC(=O)c3ccccc3)[C@H](OC(=O)c3ccccc3)[C@H]2OC(=O)c2ccccc2)[C@H]1OC(C)=O. The van der Waals surface area contributed by atoms with Gasteiger partial charge in [0.15, 0.2) is 37.2 Å². The first-order chi connectivity index (χ1) is 25.6. The van der Waals surface area contributed by atoms with E-state index in [1.807, 2.05) is 0 Å². The van der Waals surface area contributed by atoms with Crippen molar-refractivity contribution in [2.45, 2.75) is 82.4 Å². The van der Waals surface area contributed by atoms with Crippen molar-refractivity contribution in [3.63, 3.8) is 0 Å². The molecular formula is C38H38O15. The van der Waals surface area contributed by atoms with Crippen molar-refractivity contribution in [1.82, 2.24) is 0 Å². The van der Waals surface area contributed by atoms with E-state index in [-0.39, 0.29) is 23.3 Å². The van der Waals surface area contributed by atoms with Crippen LogP contribution >= 0.6 is 0 Å². The van der Waals surface area contributed by atoms with Gasteiger partial charge in [0, 0.05) is 13.8 Å². The minimum Gasteiger partial charge on any atom is -0.463 e. The van der Waals surface area contributed by atoms with Gasteiger partial charge in [-0.25, -0.2) is 14.4 Å². The molecular weight excluding hydrogens is 696 g/mol. The van der Waals surface area contributed by atoms with Crippen molar-refractivity contribution in [1.29, 1.82) is 0 Å². The van der Waals surface area contributed by atoms with Gasteiger partial charge in [0.05, 0.1) is 16.7 Å². The van der Waals surface area contributed by atoms with Gasteiger partial charge in [0.1, 0.15) is 37.6 Å². The highest BCUT2D eigenvalue weighted by Gasteiger charge is 2.58. The molecule has 0 saturated carbocycles. The second-order valence-electron chi connectivity index (χ2n) is 12.3. The molecule has 10 atom stereocenters. The van der Waals surface area contributed by atoms with Crippen LogP contribution in [0.1, 0.15) is 51.8 Å². The molecule has 53 heavy (non-hydrogen) atoms. The molecule has 3 heterocycles. The number of hydrogen-bond acceptors (Lipinski definition) is 15. The Labute approximate surface area is 304 Å². The smallest absolute Gasteiger partial charge is 0.338 e. The summed E-state index contributed by atoms with van der Waals surface area (Å²) in [5.41, 5.74) is 0.614. The lowest BCUT2D eigenvalue weighted by molar-refractivity contribution is -0.299. The normalized spacial score (nSPS) is 29.0. The monoisotopic (exact) mass is 734 g/mol. The number of rotatable bonds is 12. The van der Waals surface area contributed by atoms with Gasteiger partial charge in [-0.05, 0) is 43.3 Å². The summed E-state index contributed by atoms with van der Waals surface area (Å²) in [6.45, 7) is 3.19. The topological polar surface area (TPSA) is 178 Å². The zero-order valence-corrected chi connectivity index (χ0v) is 29.0. The lowest BCUT2D eigenvalue weighted by atomic mass is 9.98. The fourth-order valence-electron chi connectivity index (χ4n) is 6.10. The van der Waals surface area contributed by atoms with E-state index in [9.17, 15) is 24.0 Å². The van der Waals surface area contributed by atoms with Crippen molar-refractivity contribution in [2.75, 3.05) is 13.2 Å². The van der Waals surface area contributed by atoms with Crippen LogP contribution in [0.15, 0.2) is 91.0 Å². The van der Waals surface area contributed by atoms with Crippen molar-refractivity contribution >= 4 is 29.8 Å². The minimum absolute atomic E-state index is 0.171. The van der Waals surface area contributed by atoms with Gasteiger partial charge in [-0.2, -0.15) is 0 Å². The van der Waals surface area contributed by atoms with Crippen LogP contribution in [0.4, 0.5) is 0 Å². The number of carbonyl (C=O) groups excluding carboxylic acids is 5. The molecule has 15 heteroatoms. The van der Waals surface area contributed by atoms with E-state index in [0.29, 0.717) is 0 Å². The summed E-state index contributed by atoms with van der Waals surface area (Å²) in [5.74, 6) is -3.61. The van der Waals surface area contributed by atoms with Crippen LogP contribution < -0.4 is 0 Å². The number of fused-ring (bicyclic) bond motifs is 1. The molecule has 0 N–H and O–H groups in total. The zero-order valence-electron chi connectivity index (χ0n) is 29.0. The third kappa shape index (κ3) is 9.25. The van der Waals surface area contributed by atoms with E-state index in [4.69, 9.17) is 47.4 Å². The van der Waals surface area contributed by atoms with Gasteiger partial charge >= 0.3 is 29.8 Å². The van der Waals surface area contributed by atoms with Crippen molar-refractivity contribution in [3.8, 4) is 0 Å².